The highest BCUT2D eigenvalue weighted by atomic mass is 16.5. The van der Waals surface area contributed by atoms with Crippen molar-refractivity contribution in [2.75, 3.05) is 11.9 Å². The van der Waals surface area contributed by atoms with Crippen LogP contribution in [0.1, 0.15) is 18.1 Å². The van der Waals surface area contributed by atoms with Gasteiger partial charge in [0.25, 0.3) is 5.91 Å². The van der Waals surface area contributed by atoms with Crippen molar-refractivity contribution in [1.82, 2.24) is 4.98 Å². The van der Waals surface area contributed by atoms with E-state index in [0.717, 1.165) is 12.0 Å². The maximum Gasteiger partial charge on any atom is 0.263 e. The quantitative estimate of drug-likeness (QED) is 0.908. The summed E-state index contributed by atoms with van der Waals surface area (Å²) in [6, 6.07) is 11.4. The number of nitrogens with zero attached hydrogens (tertiary/aromatic N) is 1. The molecule has 1 heterocycles. The lowest BCUT2D eigenvalue weighted by Gasteiger charge is -2.08. The van der Waals surface area contributed by atoms with Crippen LogP contribution in [0.2, 0.25) is 0 Å². The summed E-state index contributed by atoms with van der Waals surface area (Å²) in [4.78, 5) is 15.8. The van der Waals surface area contributed by atoms with Gasteiger partial charge >= 0.3 is 0 Å². The molecule has 0 bridgehead atoms. The number of ether oxygens (including phenoxy) is 1. The Morgan fingerprint density at radius 3 is 2.90 bits per heavy atom. The number of benzene rings is 1. The third-order valence-electron chi connectivity index (χ3n) is 2.86. The first-order valence-electron chi connectivity index (χ1n) is 6.61. The van der Waals surface area contributed by atoms with E-state index in [0.29, 0.717) is 11.6 Å². The predicted octanol–water partition coefficient (Wildman–Crippen LogP) is 2.97. The molecule has 4 nitrogen and oxygen atoms in total. The van der Waals surface area contributed by atoms with Crippen LogP contribution in [0.25, 0.3) is 0 Å². The highest BCUT2D eigenvalue weighted by Crippen LogP contribution is 2.13. The number of pyridine rings is 1. The van der Waals surface area contributed by atoms with E-state index < -0.39 is 0 Å². The Morgan fingerprint density at radius 1 is 1.30 bits per heavy atom. The van der Waals surface area contributed by atoms with E-state index in [9.17, 15) is 4.79 Å². The number of anilines is 1. The number of aryl methyl sites for hydroxylation is 2. The topological polar surface area (TPSA) is 51.2 Å². The number of hydrogen-bond donors (Lipinski definition) is 1. The maximum atomic E-state index is 11.8. The SMILES string of the molecule is CCc1cccc(OCC(=O)Nc2cc(C)ccn2)c1. The van der Waals surface area contributed by atoms with Crippen LogP contribution in [-0.2, 0) is 11.2 Å². The van der Waals surface area contributed by atoms with Crippen LogP contribution in [0, 0.1) is 6.92 Å². The number of carbonyl (C=O) groups is 1. The average molecular weight is 270 g/mol. The number of amides is 1. The molecule has 20 heavy (non-hydrogen) atoms. The lowest BCUT2D eigenvalue weighted by Crippen LogP contribution is -2.20. The minimum absolute atomic E-state index is 0.0250. The molecule has 0 aliphatic heterocycles. The zero-order valence-corrected chi connectivity index (χ0v) is 11.7. The van der Waals surface area contributed by atoms with E-state index in [-0.39, 0.29) is 12.5 Å². The molecule has 4 heteroatoms. The molecule has 0 saturated carbocycles. The molecule has 2 aromatic rings. The Morgan fingerprint density at radius 2 is 2.15 bits per heavy atom. The van der Waals surface area contributed by atoms with Crippen molar-refractivity contribution < 1.29 is 9.53 Å². The van der Waals surface area contributed by atoms with Crippen molar-refractivity contribution in [1.29, 1.82) is 0 Å². The lowest BCUT2D eigenvalue weighted by atomic mass is 10.2. The van der Waals surface area contributed by atoms with Gasteiger partial charge in [-0.1, -0.05) is 19.1 Å². The number of hydrogen-bond acceptors (Lipinski definition) is 3. The Hall–Kier alpha value is -2.36. The zero-order chi connectivity index (χ0) is 14.4. The van der Waals surface area contributed by atoms with Gasteiger partial charge in [-0.15, -0.1) is 0 Å². The summed E-state index contributed by atoms with van der Waals surface area (Å²) in [5.74, 6) is 1.03. The van der Waals surface area contributed by atoms with Gasteiger partial charge in [0.2, 0.25) is 0 Å². The van der Waals surface area contributed by atoms with Gasteiger partial charge in [-0.25, -0.2) is 4.98 Å². The minimum atomic E-state index is -0.218. The monoisotopic (exact) mass is 270 g/mol. The van der Waals surface area contributed by atoms with E-state index in [1.54, 1.807) is 6.20 Å². The van der Waals surface area contributed by atoms with Crippen LogP contribution in [-0.4, -0.2) is 17.5 Å². The summed E-state index contributed by atoms with van der Waals surface area (Å²) in [5, 5.41) is 2.71. The molecule has 1 aromatic carbocycles. The molecule has 1 N–H and O–H groups in total. The summed E-state index contributed by atoms with van der Waals surface area (Å²) in [5.41, 5.74) is 2.23. The molecule has 0 radical (unpaired) electrons. The third-order valence-corrected chi connectivity index (χ3v) is 2.86. The van der Waals surface area contributed by atoms with Gasteiger partial charge in [-0.05, 0) is 48.7 Å². The molecule has 0 atom stereocenters. The van der Waals surface area contributed by atoms with Gasteiger partial charge in [0, 0.05) is 6.20 Å². The van der Waals surface area contributed by atoms with E-state index in [1.165, 1.54) is 5.56 Å². The van der Waals surface area contributed by atoms with Crippen LogP contribution < -0.4 is 10.1 Å². The van der Waals surface area contributed by atoms with Crippen molar-refractivity contribution in [3.8, 4) is 5.75 Å². The minimum Gasteiger partial charge on any atom is -0.484 e. The number of carbonyl (C=O) groups excluding carboxylic acids is 1. The van der Waals surface area contributed by atoms with Gasteiger partial charge < -0.3 is 10.1 Å². The Labute approximate surface area is 118 Å². The summed E-state index contributed by atoms with van der Waals surface area (Å²) in [6.45, 7) is 4.00. The maximum absolute atomic E-state index is 11.8. The largest absolute Gasteiger partial charge is 0.484 e. The van der Waals surface area contributed by atoms with Crippen molar-refractivity contribution in [3.63, 3.8) is 0 Å². The first-order chi connectivity index (χ1) is 9.67. The second kappa shape index (κ2) is 6.70. The van der Waals surface area contributed by atoms with Crippen molar-refractivity contribution in [2.45, 2.75) is 20.3 Å². The molecule has 0 spiro atoms. The summed E-state index contributed by atoms with van der Waals surface area (Å²) in [7, 11) is 0. The van der Waals surface area contributed by atoms with Gasteiger partial charge in [-0.3, -0.25) is 4.79 Å². The molecule has 0 aliphatic carbocycles. The first kappa shape index (κ1) is 14.1. The van der Waals surface area contributed by atoms with Crippen LogP contribution >= 0.6 is 0 Å². The molecular weight excluding hydrogens is 252 g/mol. The molecule has 1 aromatic heterocycles. The Bertz CT molecular complexity index is 597. The summed E-state index contributed by atoms with van der Waals surface area (Å²) in [6.07, 6.45) is 2.60. The van der Waals surface area contributed by atoms with Crippen LogP contribution in [0.5, 0.6) is 5.75 Å². The Balaban J connectivity index is 1.88. The second-order valence-corrected chi connectivity index (χ2v) is 4.56. The van der Waals surface area contributed by atoms with Crippen LogP contribution in [0.15, 0.2) is 42.6 Å². The normalized spacial score (nSPS) is 10.1. The fourth-order valence-electron chi connectivity index (χ4n) is 1.79. The second-order valence-electron chi connectivity index (χ2n) is 4.56. The molecule has 0 aliphatic rings. The van der Waals surface area contributed by atoms with Gasteiger partial charge in [0.1, 0.15) is 11.6 Å². The van der Waals surface area contributed by atoms with E-state index in [1.807, 2.05) is 43.3 Å². The predicted molar refractivity (Wildman–Crippen MR) is 78.9 cm³/mol. The van der Waals surface area contributed by atoms with Gasteiger partial charge in [-0.2, -0.15) is 0 Å². The van der Waals surface area contributed by atoms with Crippen molar-refractivity contribution in [3.05, 3.63) is 53.7 Å². The highest BCUT2D eigenvalue weighted by Gasteiger charge is 2.05. The molecule has 104 valence electrons. The van der Waals surface area contributed by atoms with Crippen LogP contribution in [0.3, 0.4) is 0 Å². The molecule has 0 saturated heterocycles. The van der Waals surface area contributed by atoms with E-state index >= 15 is 0 Å². The standard InChI is InChI=1S/C16H18N2O2/c1-3-13-5-4-6-14(10-13)20-11-16(19)18-15-9-12(2)7-8-17-15/h4-10H,3,11H2,1-2H3,(H,17,18,19). The van der Waals surface area contributed by atoms with Crippen molar-refractivity contribution >= 4 is 11.7 Å². The highest BCUT2D eigenvalue weighted by molar-refractivity contribution is 5.90. The van der Waals surface area contributed by atoms with E-state index in [4.69, 9.17) is 4.74 Å². The van der Waals surface area contributed by atoms with E-state index in [2.05, 4.69) is 17.2 Å². The van der Waals surface area contributed by atoms with Crippen LogP contribution in [0.4, 0.5) is 5.82 Å². The average Bonchev–Trinajstić information content (AvgIpc) is 2.45. The number of aromatic nitrogens is 1. The lowest BCUT2D eigenvalue weighted by molar-refractivity contribution is -0.118. The fraction of sp³-hybridized carbons (Fsp3) is 0.250. The summed E-state index contributed by atoms with van der Waals surface area (Å²) < 4.78 is 5.47. The van der Waals surface area contributed by atoms with Gasteiger partial charge in [0.15, 0.2) is 6.61 Å². The fourth-order valence-corrected chi connectivity index (χ4v) is 1.79. The molecule has 0 fully saturated rings. The first-order valence-corrected chi connectivity index (χ1v) is 6.61. The Kier molecular flexibility index (Phi) is 4.71. The molecule has 0 unspecified atom stereocenters. The smallest absolute Gasteiger partial charge is 0.263 e. The van der Waals surface area contributed by atoms with Crippen molar-refractivity contribution in [2.24, 2.45) is 0 Å². The molecule has 1 amide bonds. The molecule has 2 rings (SSSR count). The number of rotatable bonds is 5. The zero-order valence-electron chi connectivity index (χ0n) is 11.7. The third kappa shape index (κ3) is 4.09. The molecular formula is C16H18N2O2. The number of nitrogens with one attached hydrogen (secondary N) is 1. The summed E-state index contributed by atoms with van der Waals surface area (Å²) >= 11 is 0. The van der Waals surface area contributed by atoms with Gasteiger partial charge in [0.05, 0.1) is 0 Å².